The highest BCUT2D eigenvalue weighted by molar-refractivity contribution is 5.77. The first-order valence-corrected chi connectivity index (χ1v) is 6.97. The first-order chi connectivity index (χ1) is 10.1. The van der Waals surface area contributed by atoms with Gasteiger partial charge in [-0.15, -0.1) is 6.58 Å². The summed E-state index contributed by atoms with van der Waals surface area (Å²) in [7, 11) is 1.60. The van der Waals surface area contributed by atoms with Crippen molar-refractivity contribution in [1.29, 1.82) is 0 Å². The molecule has 2 N–H and O–H groups in total. The van der Waals surface area contributed by atoms with Crippen LogP contribution >= 0.6 is 0 Å². The quantitative estimate of drug-likeness (QED) is 0.682. The molecule has 0 aliphatic heterocycles. The summed E-state index contributed by atoms with van der Waals surface area (Å²) in [5.74, 6) is 1.17. The van der Waals surface area contributed by atoms with Gasteiger partial charge in [-0.1, -0.05) is 26.0 Å². The number of ether oxygens (including phenoxy) is 2. The lowest BCUT2D eigenvalue weighted by Crippen LogP contribution is -2.29. The topological polar surface area (TPSA) is 59.6 Å². The summed E-state index contributed by atoms with van der Waals surface area (Å²) in [6, 6.07) is 5.97. The Kier molecular flexibility index (Phi) is 7.32. The highest BCUT2D eigenvalue weighted by Crippen LogP contribution is 2.24. The molecular formula is C16H24N2O3. The van der Waals surface area contributed by atoms with Crippen LogP contribution in [0.2, 0.25) is 0 Å². The Balaban J connectivity index is 2.71. The van der Waals surface area contributed by atoms with Crippen molar-refractivity contribution >= 4 is 5.91 Å². The third kappa shape index (κ3) is 6.31. The molecule has 0 radical (unpaired) electrons. The van der Waals surface area contributed by atoms with Crippen LogP contribution in [0.3, 0.4) is 0 Å². The van der Waals surface area contributed by atoms with Crippen LogP contribution in [0, 0.1) is 0 Å². The summed E-state index contributed by atoms with van der Waals surface area (Å²) in [5.41, 5.74) is 0.987. The fourth-order valence-electron chi connectivity index (χ4n) is 1.64. The summed E-state index contributed by atoms with van der Waals surface area (Å²) >= 11 is 0. The van der Waals surface area contributed by atoms with Crippen molar-refractivity contribution in [2.75, 3.05) is 20.3 Å². The standard InChI is InChI=1S/C16H24N2O3/c1-5-8-17-16(19)11-21-15-9-14(20-4)7-6-13(15)10-18-12(2)3/h5-7,9,12,18H,1,8,10-11H2,2-4H3,(H,17,19). The Labute approximate surface area is 126 Å². The minimum Gasteiger partial charge on any atom is -0.497 e. The molecule has 0 aliphatic carbocycles. The Hall–Kier alpha value is -2.01. The van der Waals surface area contributed by atoms with Gasteiger partial charge >= 0.3 is 0 Å². The smallest absolute Gasteiger partial charge is 0.258 e. The highest BCUT2D eigenvalue weighted by Gasteiger charge is 2.09. The Morgan fingerprint density at radius 1 is 1.43 bits per heavy atom. The monoisotopic (exact) mass is 292 g/mol. The van der Waals surface area contributed by atoms with E-state index in [0.29, 0.717) is 30.6 Å². The maximum atomic E-state index is 11.6. The average Bonchev–Trinajstić information content (AvgIpc) is 2.48. The molecule has 0 atom stereocenters. The molecule has 0 aromatic heterocycles. The van der Waals surface area contributed by atoms with Gasteiger partial charge in [-0.05, 0) is 6.07 Å². The van der Waals surface area contributed by atoms with Crippen LogP contribution in [0.15, 0.2) is 30.9 Å². The second-order valence-electron chi connectivity index (χ2n) is 4.89. The van der Waals surface area contributed by atoms with Crippen LogP contribution in [0.1, 0.15) is 19.4 Å². The molecule has 0 saturated heterocycles. The maximum Gasteiger partial charge on any atom is 0.258 e. The van der Waals surface area contributed by atoms with Crippen LogP contribution < -0.4 is 20.1 Å². The average molecular weight is 292 g/mol. The number of carbonyl (C=O) groups is 1. The molecule has 5 heteroatoms. The van der Waals surface area contributed by atoms with Gasteiger partial charge in [0.25, 0.3) is 5.91 Å². The van der Waals surface area contributed by atoms with Gasteiger partial charge in [0.2, 0.25) is 0 Å². The summed E-state index contributed by atoms with van der Waals surface area (Å²) in [5, 5.41) is 6.00. The number of methoxy groups -OCH3 is 1. The van der Waals surface area contributed by atoms with Gasteiger partial charge in [-0.2, -0.15) is 0 Å². The molecular weight excluding hydrogens is 268 g/mol. The molecule has 21 heavy (non-hydrogen) atoms. The number of benzene rings is 1. The molecule has 1 amide bonds. The second kappa shape index (κ2) is 9.02. The van der Waals surface area contributed by atoms with Crippen molar-refractivity contribution in [2.45, 2.75) is 26.4 Å². The Bertz CT molecular complexity index is 473. The van der Waals surface area contributed by atoms with E-state index in [4.69, 9.17) is 9.47 Å². The van der Waals surface area contributed by atoms with Crippen molar-refractivity contribution in [3.05, 3.63) is 36.4 Å². The fourth-order valence-corrected chi connectivity index (χ4v) is 1.64. The predicted octanol–water partition coefficient (Wildman–Crippen LogP) is 1.87. The molecule has 0 unspecified atom stereocenters. The highest BCUT2D eigenvalue weighted by atomic mass is 16.5. The van der Waals surface area contributed by atoms with E-state index in [-0.39, 0.29) is 12.5 Å². The summed E-state index contributed by atoms with van der Waals surface area (Å²) in [4.78, 5) is 11.6. The zero-order chi connectivity index (χ0) is 15.7. The van der Waals surface area contributed by atoms with Gasteiger partial charge in [-0.3, -0.25) is 4.79 Å². The zero-order valence-electron chi connectivity index (χ0n) is 12.9. The minimum atomic E-state index is -0.180. The summed E-state index contributed by atoms with van der Waals surface area (Å²) in [6.07, 6.45) is 1.63. The number of rotatable bonds is 9. The normalized spacial score (nSPS) is 10.3. The third-order valence-corrected chi connectivity index (χ3v) is 2.78. The molecule has 0 spiro atoms. The molecule has 0 heterocycles. The molecule has 0 bridgehead atoms. The van der Waals surface area contributed by atoms with E-state index in [1.807, 2.05) is 12.1 Å². The summed E-state index contributed by atoms with van der Waals surface area (Å²) in [6.45, 7) is 8.77. The lowest BCUT2D eigenvalue weighted by Gasteiger charge is -2.14. The van der Waals surface area contributed by atoms with E-state index >= 15 is 0 Å². The Morgan fingerprint density at radius 2 is 2.19 bits per heavy atom. The van der Waals surface area contributed by atoms with Crippen LogP contribution in [-0.2, 0) is 11.3 Å². The lowest BCUT2D eigenvalue weighted by molar-refractivity contribution is -0.122. The van der Waals surface area contributed by atoms with Gasteiger partial charge in [0.1, 0.15) is 11.5 Å². The van der Waals surface area contributed by atoms with Crippen molar-refractivity contribution in [3.8, 4) is 11.5 Å². The molecule has 1 rings (SSSR count). The van der Waals surface area contributed by atoms with Gasteiger partial charge in [-0.25, -0.2) is 0 Å². The van der Waals surface area contributed by atoms with Crippen LogP contribution in [-0.4, -0.2) is 32.2 Å². The van der Waals surface area contributed by atoms with Gasteiger partial charge in [0.15, 0.2) is 6.61 Å². The first-order valence-electron chi connectivity index (χ1n) is 6.97. The van der Waals surface area contributed by atoms with Crippen molar-refractivity contribution < 1.29 is 14.3 Å². The Morgan fingerprint density at radius 3 is 2.81 bits per heavy atom. The zero-order valence-corrected chi connectivity index (χ0v) is 12.9. The number of carbonyl (C=O) groups excluding carboxylic acids is 1. The predicted molar refractivity (Wildman–Crippen MR) is 83.7 cm³/mol. The first kappa shape index (κ1) is 17.0. The van der Waals surface area contributed by atoms with Crippen LogP contribution in [0.25, 0.3) is 0 Å². The van der Waals surface area contributed by atoms with Gasteiger partial charge in [0.05, 0.1) is 7.11 Å². The van der Waals surface area contributed by atoms with Crippen LogP contribution in [0.4, 0.5) is 0 Å². The number of nitrogens with one attached hydrogen (secondary N) is 2. The van der Waals surface area contributed by atoms with E-state index in [1.165, 1.54) is 0 Å². The maximum absolute atomic E-state index is 11.6. The van der Waals surface area contributed by atoms with Gasteiger partial charge < -0.3 is 20.1 Å². The molecule has 0 saturated carbocycles. The van der Waals surface area contributed by atoms with Crippen molar-refractivity contribution in [1.82, 2.24) is 10.6 Å². The molecule has 1 aromatic carbocycles. The van der Waals surface area contributed by atoms with Gasteiger partial charge in [0, 0.05) is 30.8 Å². The van der Waals surface area contributed by atoms with Crippen LogP contribution in [0.5, 0.6) is 11.5 Å². The van der Waals surface area contributed by atoms with E-state index in [0.717, 1.165) is 5.56 Å². The lowest BCUT2D eigenvalue weighted by atomic mass is 10.2. The molecule has 5 nitrogen and oxygen atoms in total. The largest absolute Gasteiger partial charge is 0.497 e. The molecule has 0 fully saturated rings. The van der Waals surface area contributed by atoms with Crippen molar-refractivity contribution in [2.24, 2.45) is 0 Å². The van der Waals surface area contributed by atoms with E-state index in [1.54, 1.807) is 19.3 Å². The fraction of sp³-hybridized carbons (Fsp3) is 0.438. The number of hydrogen-bond donors (Lipinski definition) is 2. The summed E-state index contributed by atoms with van der Waals surface area (Å²) < 4.78 is 10.8. The number of amides is 1. The molecule has 0 aliphatic rings. The molecule has 116 valence electrons. The van der Waals surface area contributed by atoms with Crippen molar-refractivity contribution in [3.63, 3.8) is 0 Å². The second-order valence-corrected chi connectivity index (χ2v) is 4.89. The van der Waals surface area contributed by atoms with E-state index < -0.39 is 0 Å². The minimum absolute atomic E-state index is 0.0321. The number of hydrogen-bond acceptors (Lipinski definition) is 4. The van der Waals surface area contributed by atoms with E-state index in [9.17, 15) is 4.79 Å². The molecule has 1 aromatic rings. The van der Waals surface area contributed by atoms with E-state index in [2.05, 4.69) is 31.1 Å². The third-order valence-electron chi connectivity index (χ3n) is 2.78. The SMILES string of the molecule is C=CCNC(=O)COc1cc(OC)ccc1CNC(C)C.